The standard InChI is InChI=1S/C13H14N2O3/c1-17-13(16)9-7-10(8-9)18-11-3-2-5-15-6-4-14-12(11)15/h2-6,9-10H,7-8H2,1H3/t9-,10-. The summed E-state index contributed by atoms with van der Waals surface area (Å²) in [6.45, 7) is 0. The molecule has 0 aromatic carbocycles. The number of imidazole rings is 1. The number of nitrogens with zero attached hydrogens (tertiary/aromatic N) is 2. The van der Waals surface area contributed by atoms with Crippen LogP contribution >= 0.6 is 0 Å². The predicted octanol–water partition coefficient (Wildman–Crippen LogP) is 1.66. The summed E-state index contributed by atoms with van der Waals surface area (Å²) in [5.74, 6) is 0.601. The van der Waals surface area contributed by atoms with E-state index in [4.69, 9.17) is 9.47 Å². The molecule has 1 fully saturated rings. The van der Waals surface area contributed by atoms with E-state index >= 15 is 0 Å². The van der Waals surface area contributed by atoms with Gasteiger partial charge in [-0.05, 0) is 25.0 Å². The van der Waals surface area contributed by atoms with Gasteiger partial charge in [-0.15, -0.1) is 0 Å². The molecule has 1 aliphatic carbocycles. The number of hydrogen-bond acceptors (Lipinski definition) is 4. The Kier molecular flexibility index (Phi) is 2.66. The Hall–Kier alpha value is -2.04. The normalized spacial score (nSPS) is 22.5. The molecular formula is C13H14N2O3. The van der Waals surface area contributed by atoms with E-state index in [1.54, 1.807) is 6.20 Å². The van der Waals surface area contributed by atoms with Crippen LogP contribution in [-0.2, 0) is 9.53 Å². The fraction of sp³-hybridized carbons (Fsp3) is 0.385. The van der Waals surface area contributed by atoms with Crippen molar-refractivity contribution in [3.05, 3.63) is 30.7 Å². The number of pyridine rings is 1. The van der Waals surface area contributed by atoms with Crippen molar-refractivity contribution >= 4 is 11.6 Å². The molecule has 0 radical (unpaired) electrons. The molecule has 2 aromatic rings. The summed E-state index contributed by atoms with van der Waals surface area (Å²) in [6.07, 6.45) is 7.05. The number of ether oxygens (including phenoxy) is 2. The Labute approximate surface area is 104 Å². The minimum absolute atomic E-state index is 0.0144. The Balaban J connectivity index is 1.68. The third-order valence-corrected chi connectivity index (χ3v) is 3.31. The Bertz CT molecular complexity index is 572. The van der Waals surface area contributed by atoms with E-state index in [-0.39, 0.29) is 18.0 Å². The van der Waals surface area contributed by atoms with Crippen LogP contribution in [0.15, 0.2) is 30.7 Å². The number of fused-ring (bicyclic) bond motifs is 1. The summed E-state index contributed by atoms with van der Waals surface area (Å²) in [4.78, 5) is 15.5. The first-order valence-electron chi connectivity index (χ1n) is 5.94. The zero-order valence-electron chi connectivity index (χ0n) is 10.1. The molecule has 18 heavy (non-hydrogen) atoms. The van der Waals surface area contributed by atoms with Crippen LogP contribution in [0.2, 0.25) is 0 Å². The molecule has 0 atom stereocenters. The minimum atomic E-state index is -0.145. The van der Waals surface area contributed by atoms with Crippen molar-refractivity contribution in [1.82, 2.24) is 9.38 Å². The van der Waals surface area contributed by atoms with Gasteiger partial charge in [0.05, 0.1) is 13.0 Å². The highest BCUT2D eigenvalue weighted by Gasteiger charge is 2.37. The van der Waals surface area contributed by atoms with E-state index in [9.17, 15) is 4.79 Å². The third kappa shape index (κ3) is 1.81. The molecule has 1 saturated carbocycles. The van der Waals surface area contributed by atoms with Gasteiger partial charge in [-0.1, -0.05) is 0 Å². The summed E-state index contributed by atoms with van der Waals surface area (Å²) in [6, 6.07) is 3.81. The van der Waals surface area contributed by atoms with Gasteiger partial charge in [0, 0.05) is 18.6 Å². The predicted molar refractivity (Wildman–Crippen MR) is 64.3 cm³/mol. The molecule has 0 spiro atoms. The van der Waals surface area contributed by atoms with Crippen molar-refractivity contribution in [3.63, 3.8) is 0 Å². The van der Waals surface area contributed by atoms with Gasteiger partial charge in [0.25, 0.3) is 0 Å². The lowest BCUT2D eigenvalue weighted by atomic mass is 9.82. The Morgan fingerprint density at radius 3 is 3.06 bits per heavy atom. The van der Waals surface area contributed by atoms with Crippen molar-refractivity contribution in [2.24, 2.45) is 5.92 Å². The van der Waals surface area contributed by atoms with E-state index in [2.05, 4.69) is 4.98 Å². The maximum Gasteiger partial charge on any atom is 0.308 e. The second-order valence-corrected chi connectivity index (χ2v) is 4.46. The first kappa shape index (κ1) is 11.1. The summed E-state index contributed by atoms with van der Waals surface area (Å²) < 4.78 is 12.5. The Morgan fingerprint density at radius 2 is 2.28 bits per heavy atom. The first-order valence-corrected chi connectivity index (χ1v) is 5.94. The average Bonchev–Trinajstić information content (AvgIpc) is 2.81. The van der Waals surface area contributed by atoms with Crippen LogP contribution in [0.25, 0.3) is 5.65 Å². The highest BCUT2D eigenvalue weighted by molar-refractivity contribution is 5.73. The summed E-state index contributed by atoms with van der Waals surface area (Å²) in [5.41, 5.74) is 0.805. The van der Waals surface area contributed by atoms with Crippen LogP contribution in [-0.4, -0.2) is 28.6 Å². The topological polar surface area (TPSA) is 52.8 Å². The lowest BCUT2D eigenvalue weighted by Crippen LogP contribution is -2.38. The van der Waals surface area contributed by atoms with Crippen LogP contribution in [0, 0.1) is 5.92 Å². The zero-order chi connectivity index (χ0) is 12.5. The monoisotopic (exact) mass is 246 g/mol. The highest BCUT2D eigenvalue weighted by atomic mass is 16.5. The smallest absolute Gasteiger partial charge is 0.308 e. The van der Waals surface area contributed by atoms with Crippen LogP contribution in [0.1, 0.15) is 12.8 Å². The molecule has 94 valence electrons. The number of rotatable bonds is 3. The maximum absolute atomic E-state index is 11.3. The number of methoxy groups -OCH3 is 1. The molecule has 2 aromatic heterocycles. The lowest BCUT2D eigenvalue weighted by Gasteiger charge is -2.33. The summed E-state index contributed by atoms with van der Waals surface area (Å²) >= 11 is 0. The number of hydrogen-bond donors (Lipinski definition) is 0. The molecular weight excluding hydrogens is 232 g/mol. The van der Waals surface area contributed by atoms with Crippen LogP contribution in [0.4, 0.5) is 0 Å². The SMILES string of the molecule is COC(=O)[C@H]1C[C@H](Oc2cccn3ccnc23)C1. The van der Waals surface area contributed by atoms with E-state index in [0.717, 1.165) is 11.4 Å². The molecule has 0 unspecified atom stereocenters. The van der Waals surface area contributed by atoms with Crippen molar-refractivity contribution in [2.75, 3.05) is 7.11 Å². The molecule has 0 N–H and O–H groups in total. The number of carbonyl (C=O) groups is 1. The maximum atomic E-state index is 11.3. The van der Waals surface area contributed by atoms with Crippen molar-refractivity contribution < 1.29 is 14.3 Å². The molecule has 0 saturated heterocycles. The molecule has 0 amide bonds. The van der Waals surface area contributed by atoms with Gasteiger partial charge >= 0.3 is 5.97 Å². The van der Waals surface area contributed by atoms with E-state index in [1.807, 2.05) is 28.9 Å². The molecule has 2 heterocycles. The van der Waals surface area contributed by atoms with Crippen LogP contribution in [0.5, 0.6) is 5.75 Å². The van der Waals surface area contributed by atoms with Gasteiger partial charge in [-0.2, -0.15) is 0 Å². The fourth-order valence-electron chi connectivity index (χ4n) is 2.21. The second kappa shape index (κ2) is 4.33. The molecule has 1 aliphatic rings. The first-order chi connectivity index (χ1) is 8.78. The van der Waals surface area contributed by atoms with E-state index in [0.29, 0.717) is 12.8 Å². The summed E-state index contributed by atoms with van der Waals surface area (Å²) in [7, 11) is 1.42. The van der Waals surface area contributed by atoms with Gasteiger partial charge < -0.3 is 13.9 Å². The van der Waals surface area contributed by atoms with E-state index in [1.165, 1.54) is 7.11 Å². The van der Waals surface area contributed by atoms with Gasteiger partial charge in [-0.3, -0.25) is 4.79 Å². The summed E-state index contributed by atoms with van der Waals surface area (Å²) in [5, 5.41) is 0. The molecule has 3 rings (SSSR count). The molecule has 5 heteroatoms. The number of aromatic nitrogens is 2. The number of carbonyl (C=O) groups excluding carboxylic acids is 1. The lowest BCUT2D eigenvalue weighted by molar-refractivity contribution is -0.151. The van der Waals surface area contributed by atoms with Gasteiger partial charge in [0.2, 0.25) is 0 Å². The van der Waals surface area contributed by atoms with E-state index < -0.39 is 0 Å². The Morgan fingerprint density at radius 1 is 1.44 bits per heavy atom. The van der Waals surface area contributed by atoms with Gasteiger partial charge in [0.1, 0.15) is 6.10 Å². The fourth-order valence-corrected chi connectivity index (χ4v) is 2.21. The van der Waals surface area contributed by atoms with Crippen molar-refractivity contribution in [2.45, 2.75) is 18.9 Å². The van der Waals surface area contributed by atoms with Crippen molar-refractivity contribution in [1.29, 1.82) is 0 Å². The minimum Gasteiger partial charge on any atom is -0.486 e. The average molecular weight is 246 g/mol. The van der Waals surface area contributed by atoms with Gasteiger partial charge in [0.15, 0.2) is 11.4 Å². The van der Waals surface area contributed by atoms with Crippen molar-refractivity contribution in [3.8, 4) is 5.75 Å². The van der Waals surface area contributed by atoms with Crippen LogP contribution < -0.4 is 4.74 Å². The molecule has 0 bridgehead atoms. The highest BCUT2D eigenvalue weighted by Crippen LogP contribution is 2.33. The van der Waals surface area contributed by atoms with Crippen LogP contribution in [0.3, 0.4) is 0 Å². The zero-order valence-corrected chi connectivity index (χ0v) is 10.1. The molecule has 5 nitrogen and oxygen atoms in total. The number of esters is 1. The second-order valence-electron chi connectivity index (χ2n) is 4.46. The quantitative estimate of drug-likeness (QED) is 0.773. The third-order valence-electron chi connectivity index (χ3n) is 3.31. The largest absolute Gasteiger partial charge is 0.486 e. The molecule has 0 aliphatic heterocycles. The van der Waals surface area contributed by atoms with Gasteiger partial charge in [-0.25, -0.2) is 4.98 Å².